The minimum absolute atomic E-state index is 0.0251. The molecule has 0 radical (unpaired) electrons. The molecular weight excluding hydrogens is 426 g/mol. The second-order valence-electron chi connectivity index (χ2n) is 6.23. The Morgan fingerprint density at radius 1 is 1.30 bits per heavy atom. The number of nitro benzene ring substituents is 1. The molecule has 0 aliphatic carbocycles. The summed E-state index contributed by atoms with van der Waals surface area (Å²) in [6.45, 7) is 1.09. The van der Waals surface area contributed by atoms with Crippen LogP contribution in [-0.2, 0) is 13.2 Å². The fraction of sp³-hybridized carbons (Fsp3) is 0.333. The summed E-state index contributed by atoms with van der Waals surface area (Å²) in [6.07, 6.45) is -3.84. The lowest BCUT2D eigenvalue weighted by molar-refractivity contribution is -0.383. The fourth-order valence-electron chi connectivity index (χ4n) is 2.96. The largest absolute Gasteiger partial charge is 0.417 e. The van der Waals surface area contributed by atoms with E-state index in [2.05, 4.69) is 15.3 Å². The van der Waals surface area contributed by atoms with Crippen LogP contribution in [0.5, 0.6) is 0 Å². The van der Waals surface area contributed by atoms with Crippen molar-refractivity contribution >= 4 is 34.3 Å². The van der Waals surface area contributed by atoms with Crippen molar-refractivity contribution in [1.82, 2.24) is 14.5 Å². The molecule has 0 fully saturated rings. The van der Waals surface area contributed by atoms with Crippen molar-refractivity contribution in [3.05, 3.63) is 40.1 Å². The van der Waals surface area contributed by atoms with Gasteiger partial charge in [-0.2, -0.15) is 13.2 Å². The number of pyridine rings is 1. The van der Waals surface area contributed by atoms with Gasteiger partial charge in [0.25, 0.3) is 5.69 Å². The number of nitrogens with zero attached hydrogens (tertiary/aromatic N) is 4. The summed E-state index contributed by atoms with van der Waals surface area (Å²) in [5, 5.41) is 14.2. The number of aryl methyl sites for hydroxylation is 1. The molecule has 0 amide bonds. The van der Waals surface area contributed by atoms with Gasteiger partial charge in [0.2, 0.25) is 0 Å². The van der Waals surface area contributed by atoms with Gasteiger partial charge in [0.1, 0.15) is 23.7 Å². The number of rotatable bonds is 7. The Morgan fingerprint density at radius 2 is 2.03 bits per heavy atom. The molecule has 1 N–H and O–H groups in total. The van der Waals surface area contributed by atoms with Crippen molar-refractivity contribution in [3.8, 4) is 11.4 Å². The number of benzene rings is 1. The quantitative estimate of drug-likeness (QED) is 0.238. The molecule has 0 atom stereocenters. The highest BCUT2D eigenvalue weighted by molar-refractivity contribution is 7.99. The van der Waals surface area contributed by atoms with E-state index in [1.807, 2.05) is 6.92 Å². The van der Waals surface area contributed by atoms with Gasteiger partial charge in [-0.1, -0.05) is 6.92 Å². The molecule has 30 heavy (non-hydrogen) atoms. The second kappa shape index (κ2) is 8.46. The lowest BCUT2D eigenvalue weighted by Crippen LogP contribution is -2.07. The highest BCUT2D eigenvalue weighted by Crippen LogP contribution is 2.40. The maximum absolute atomic E-state index is 13.0. The van der Waals surface area contributed by atoms with Gasteiger partial charge in [0.05, 0.1) is 10.5 Å². The standard InChI is InChI=1S/C18H17F4N5O2S/c1-3-30-15-8-12(23-5-4-19)14(27(28)29)7-11(15)16-25-13-6-10(18(20,21)22)9-24-17(13)26(16)2/h6-9,23H,3-5H2,1-2H3. The zero-order chi connectivity index (χ0) is 22.1. The predicted octanol–water partition coefficient (Wildman–Crippen LogP) is 5.06. The second-order valence-corrected chi connectivity index (χ2v) is 7.54. The van der Waals surface area contributed by atoms with Gasteiger partial charge >= 0.3 is 6.18 Å². The first-order valence-electron chi connectivity index (χ1n) is 8.82. The summed E-state index contributed by atoms with van der Waals surface area (Å²) in [5.41, 5.74) is -0.429. The van der Waals surface area contributed by atoms with Crippen LogP contribution in [0.2, 0.25) is 0 Å². The van der Waals surface area contributed by atoms with Crippen LogP contribution in [0.4, 0.5) is 28.9 Å². The summed E-state index contributed by atoms with van der Waals surface area (Å²) in [7, 11) is 1.58. The van der Waals surface area contributed by atoms with Crippen molar-refractivity contribution in [3.63, 3.8) is 0 Å². The summed E-state index contributed by atoms with van der Waals surface area (Å²) in [4.78, 5) is 19.7. The van der Waals surface area contributed by atoms with Gasteiger partial charge in [0, 0.05) is 36.3 Å². The Morgan fingerprint density at radius 3 is 2.63 bits per heavy atom. The highest BCUT2D eigenvalue weighted by atomic mass is 32.2. The van der Waals surface area contributed by atoms with E-state index < -0.39 is 23.3 Å². The van der Waals surface area contributed by atoms with Gasteiger partial charge in [-0.05, 0) is 17.9 Å². The zero-order valence-corrected chi connectivity index (χ0v) is 16.8. The molecule has 12 heteroatoms. The number of hydrogen-bond acceptors (Lipinski definition) is 6. The topological polar surface area (TPSA) is 85.9 Å². The summed E-state index contributed by atoms with van der Waals surface area (Å²) in [5.74, 6) is 0.876. The first-order valence-corrected chi connectivity index (χ1v) is 9.81. The molecule has 0 aliphatic rings. The number of fused-ring (bicyclic) bond motifs is 1. The Kier molecular flexibility index (Phi) is 6.15. The van der Waals surface area contributed by atoms with Crippen LogP contribution in [0.3, 0.4) is 0 Å². The van der Waals surface area contributed by atoms with E-state index >= 15 is 0 Å². The molecule has 0 saturated heterocycles. The van der Waals surface area contributed by atoms with Gasteiger partial charge in [-0.3, -0.25) is 10.1 Å². The van der Waals surface area contributed by atoms with Crippen LogP contribution >= 0.6 is 11.8 Å². The normalized spacial score (nSPS) is 11.8. The molecule has 0 saturated carbocycles. The van der Waals surface area contributed by atoms with Gasteiger partial charge in [-0.25, -0.2) is 14.4 Å². The number of alkyl halides is 4. The molecule has 0 bridgehead atoms. The van der Waals surface area contributed by atoms with Gasteiger partial charge in [0.15, 0.2) is 5.65 Å². The third kappa shape index (κ3) is 4.18. The molecule has 3 rings (SSSR count). The summed E-state index contributed by atoms with van der Waals surface area (Å²) >= 11 is 1.38. The molecule has 0 aliphatic heterocycles. The Labute approximate surface area is 172 Å². The van der Waals surface area contributed by atoms with Crippen molar-refractivity contribution < 1.29 is 22.5 Å². The number of nitrogens with one attached hydrogen (secondary N) is 1. The third-order valence-corrected chi connectivity index (χ3v) is 5.22. The minimum atomic E-state index is -4.56. The lowest BCUT2D eigenvalue weighted by Gasteiger charge is -2.12. The van der Waals surface area contributed by atoms with Crippen LogP contribution in [0, 0.1) is 10.1 Å². The van der Waals surface area contributed by atoms with Crippen molar-refractivity contribution in [1.29, 1.82) is 0 Å². The van der Waals surface area contributed by atoms with E-state index in [4.69, 9.17) is 0 Å². The maximum Gasteiger partial charge on any atom is 0.417 e. The summed E-state index contributed by atoms with van der Waals surface area (Å²) < 4.78 is 53.1. The monoisotopic (exact) mass is 443 g/mol. The Hall–Kier alpha value is -2.89. The number of hydrogen-bond donors (Lipinski definition) is 1. The number of nitro groups is 1. The zero-order valence-electron chi connectivity index (χ0n) is 16.0. The van der Waals surface area contributed by atoms with Crippen molar-refractivity contribution in [2.45, 2.75) is 18.0 Å². The molecule has 2 heterocycles. The smallest absolute Gasteiger partial charge is 0.377 e. The minimum Gasteiger partial charge on any atom is -0.377 e. The van der Waals surface area contributed by atoms with Crippen molar-refractivity contribution in [2.24, 2.45) is 7.05 Å². The van der Waals surface area contributed by atoms with Crippen molar-refractivity contribution in [2.75, 3.05) is 24.3 Å². The molecule has 2 aromatic heterocycles. The molecule has 1 aromatic carbocycles. The molecule has 160 valence electrons. The van der Waals surface area contributed by atoms with E-state index in [-0.39, 0.29) is 34.9 Å². The van der Waals surface area contributed by atoms with Gasteiger partial charge < -0.3 is 9.88 Å². The van der Waals surface area contributed by atoms with Crippen LogP contribution in [0.25, 0.3) is 22.6 Å². The van der Waals surface area contributed by atoms with Crippen LogP contribution in [-0.4, -0.2) is 38.4 Å². The van der Waals surface area contributed by atoms with Crippen LogP contribution in [0.1, 0.15) is 12.5 Å². The van der Waals surface area contributed by atoms with Crippen LogP contribution < -0.4 is 5.32 Å². The third-order valence-electron chi connectivity index (χ3n) is 4.28. The lowest BCUT2D eigenvalue weighted by atomic mass is 10.1. The maximum atomic E-state index is 13.0. The van der Waals surface area contributed by atoms with E-state index in [1.54, 1.807) is 7.05 Å². The van der Waals surface area contributed by atoms with Gasteiger partial charge in [-0.15, -0.1) is 11.8 Å². The average molecular weight is 443 g/mol. The fourth-order valence-corrected chi connectivity index (χ4v) is 3.78. The molecular formula is C18H17F4N5O2S. The molecule has 3 aromatic rings. The first kappa shape index (κ1) is 21.8. The molecule has 7 nitrogen and oxygen atoms in total. The molecule has 0 unspecified atom stereocenters. The van der Waals surface area contributed by atoms with E-state index in [0.29, 0.717) is 16.2 Å². The Balaban J connectivity index is 2.22. The SMILES string of the molecule is CCSc1cc(NCCF)c([N+](=O)[O-])cc1-c1nc2cc(C(F)(F)F)cnc2n1C. The number of aromatic nitrogens is 3. The van der Waals surface area contributed by atoms with E-state index in [1.165, 1.54) is 28.5 Å². The molecule has 0 spiro atoms. The average Bonchev–Trinajstić information content (AvgIpc) is 3.01. The Bertz CT molecular complexity index is 1100. The number of thioether (sulfide) groups is 1. The number of anilines is 1. The van der Waals surface area contributed by atoms with Crippen LogP contribution in [0.15, 0.2) is 29.3 Å². The first-order chi connectivity index (χ1) is 14.2. The number of halogens is 4. The highest BCUT2D eigenvalue weighted by Gasteiger charge is 2.32. The predicted molar refractivity (Wildman–Crippen MR) is 106 cm³/mol. The number of imidazole rings is 1. The van der Waals surface area contributed by atoms with E-state index in [0.717, 1.165) is 12.3 Å². The summed E-state index contributed by atoms with van der Waals surface area (Å²) in [6, 6.07) is 3.72. The van der Waals surface area contributed by atoms with E-state index in [9.17, 15) is 27.7 Å².